The Hall–Kier alpha value is -3.66. The Kier molecular flexibility index (Phi) is 6.53. The molecule has 1 aliphatic rings. The fourth-order valence-corrected chi connectivity index (χ4v) is 4.71. The number of nitrogens with one attached hydrogen (secondary N) is 1. The zero-order chi connectivity index (χ0) is 25.4. The van der Waals surface area contributed by atoms with Gasteiger partial charge < -0.3 is 15.0 Å². The number of halogens is 3. The normalized spacial score (nSPS) is 15.7. The number of nitrogens with zero attached hydrogens (tertiary/aromatic N) is 5. The lowest BCUT2D eigenvalue weighted by Gasteiger charge is -2.18. The second-order valence-corrected chi connectivity index (χ2v) is 8.94. The van der Waals surface area contributed by atoms with Gasteiger partial charge >= 0.3 is 0 Å². The molecule has 5 rings (SSSR count). The first-order valence-electron chi connectivity index (χ1n) is 11.9. The summed E-state index contributed by atoms with van der Waals surface area (Å²) in [4.78, 5) is 2.10. The molecule has 1 unspecified atom stereocenters. The molecule has 0 radical (unpaired) electrons. The summed E-state index contributed by atoms with van der Waals surface area (Å²) in [6, 6.07) is 8.78. The molecule has 0 amide bonds. The average molecular weight is 497 g/mol. The molecule has 10 heteroatoms. The second-order valence-electron chi connectivity index (χ2n) is 8.94. The molecule has 36 heavy (non-hydrogen) atoms. The van der Waals surface area contributed by atoms with Gasteiger partial charge in [0.1, 0.15) is 17.0 Å². The van der Waals surface area contributed by atoms with Gasteiger partial charge in [0, 0.05) is 31.7 Å². The van der Waals surface area contributed by atoms with E-state index in [-0.39, 0.29) is 6.04 Å². The lowest BCUT2D eigenvalue weighted by atomic mass is 10.2. The Balaban J connectivity index is 1.40. The largest absolute Gasteiger partial charge is 0.494 e. The van der Waals surface area contributed by atoms with Gasteiger partial charge in [0.15, 0.2) is 23.3 Å². The molecular weight excluding hydrogens is 469 g/mol. The molecule has 1 N–H and O–H groups in total. The highest BCUT2D eigenvalue weighted by atomic mass is 19.2. The highest BCUT2D eigenvalue weighted by molar-refractivity contribution is 5.92. The van der Waals surface area contributed by atoms with Crippen LogP contribution < -0.4 is 15.0 Å². The number of aryl methyl sites for hydroxylation is 2. The van der Waals surface area contributed by atoms with Crippen LogP contribution >= 0.6 is 0 Å². The van der Waals surface area contributed by atoms with Crippen LogP contribution in [-0.2, 0) is 6.54 Å². The predicted molar refractivity (Wildman–Crippen MR) is 131 cm³/mol. The van der Waals surface area contributed by atoms with Crippen LogP contribution in [0.4, 0.5) is 19.0 Å². The molecule has 0 bridgehead atoms. The Labute approximate surface area is 206 Å². The number of ether oxygens (including phenoxy) is 1. The van der Waals surface area contributed by atoms with E-state index in [4.69, 9.17) is 9.84 Å². The van der Waals surface area contributed by atoms with E-state index in [1.807, 2.05) is 20.8 Å². The van der Waals surface area contributed by atoms with E-state index in [0.29, 0.717) is 48.0 Å². The molecule has 1 atom stereocenters. The molecule has 1 fully saturated rings. The molecule has 4 aromatic rings. The first-order chi connectivity index (χ1) is 17.4. The van der Waals surface area contributed by atoms with Gasteiger partial charge in [-0.3, -0.25) is 0 Å². The average Bonchev–Trinajstić information content (AvgIpc) is 3.46. The summed E-state index contributed by atoms with van der Waals surface area (Å²) in [6.45, 7) is 7.86. The first-order valence-corrected chi connectivity index (χ1v) is 11.9. The minimum atomic E-state index is -0.854. The van der Waals surface area contributed by atoms with Crippen molar-refractivity contribution in [2.45, 2.75) is 39.8 Å². The Morgan fingerprint density at radius 3 is 2.61 bits per heavy atom. The summed E-state index contributed by atoms with van der Waals surface area (Å²) < 4.78 is 48.7. The van der Waals surface area contributed by atoms with Crippen molar-refractivity contribution in [3.63, 3.8) is 0 Å². The van der Waals surface area contributed by atoms with Crippen molar-refractivity contribution in [3.05, 3.63) is 70.8 Å². The van der Waals surface area contributed by atoms with E-state index >= 15 is 0 Å². The molecule has 2 aromatic carbocycles. The van der Waals surface area contributed by atoms with Crippen LogP contribution in [0, 0.1) is 31.3 Å². The smallest absolute Gasteiger partial charge is 0.179 e. The van der Waals surface area contributed by atoms with E-state index in [2.05, 4.69) is 20.4 Å². The number of fused-ring (bicyclic) bond motifs is 1. The van der Waals surface area contributed by atoms with Crippen molar-refractivity contribution in [2.24, 2.45) is 0 Å². The number of anilines is 1. The fraction of sp³-hybridized carbons (Fsp3) is 0.346. The second kappa shape index (κ2) is 9.77. The number of benzene rings is 2. The molecule has 3 heterocycles. The summed E-state index contributed by atoms with van der Waals surface area (Å²) in [7, 11) is 0. The van der Waals surface area contributed by atoms with Gasteiger partial charge in [-0.25, -0.2) is 17.9 Å². The molecule has 0 aliphatic carbocycles. The third-order valence-electron chi connectivity index (χ3n) is 6.51. The van der Waals surface area contributed by atoms with Crippen molar-refractivity contribution in [3.8, 4) is 11.4 Å². The number of aromatic nitrogens is 4. The minimum Gasteiger partial charge on any atom is -0.494 e. The van der Waals surface area contributed by atoms with Gasteiger partial charge in [-0.2, -0.15) is 10.2 Å². The first kappa shape index (κ1) is 24.1. The maximum absolute atomic E-state index is 15.0. The molecule has 7 nitrogen and oxygen atoms in total. The van der Waals surface area contributed by atoms with Crippen LogP contribution in [-0.4, -0.2) is 45.7 Å². The molecule has 1 aliphatic heterocycles. The summed E-state index contributed by atoms with van der Waals surface area (Å²) >= 11 is 0. The maximum atomic E-state index is 15.0. The van der Waals surface area contributed by atoms with E-state index in [1.165, 1.54) is 12.1 Å². The van der Waals surface area contributed by atoms with E-state index in [0.717, 1.165) is 35.8 Å². The predicted octanol–water partition coefficient (Wildman–Crippen LogP) is 4.62. The maximum Gasteiger partial charge on any atom is 0.179 e. The number of rotatable bonds is 7. The van der Waals surface area contributed by atoms with Crippen molar-refractivity contribution in [1.82, 2.24) is 25.3 Å². The number of hydrogen-bond acceptors (Lipinski definition) is 6. The Morgan fingerprint density at radius 2 is 1.86 bits per heavy atom. The van der Waals surface area contributed by atoms with Crippen molar-refractivity contribution in [1.29, 1.82) is 0 Å². The van der Waals surface area contributed by atoms with E-state index < -0.39 is 17.5 Å². The summed E-state index contributed by atoms with van der Waals surface area (Å²) in [5.41, 5.74) is 3.15. The lowest BCUT2D eigenvalue weighted by molar-refractivity contribution is 0.338. The Morgan fingerprint density at radius 1 is 1.03 bits per heavy atom. The number of hydrogen-bond donors (Lipinski definition) is 1. The molecule has 188 valence electrons. The summed E-state index contributed by atoms with van der Waals surface area (Å²) in [5, 5.41) is 17.8. The SMILES string of the molecule is CCOc1ccc(-n2nc3c(N4CCC(NCc5ccc(F)c(F)c5)C4)nnc(C)c3c2C)c(F)c1. The van der Waals surface area contributed by atoms with Crippen LogP contribution in [0.5, 0.6) is 5.75 Å². The van der Waals surface area contributed by atoms with E-state index in [1.54, 1.807) is 22.9 Å². The highest BCUT2D eigenvalue weighted by Gasteiger charge is 2.28. The molecule has 0 saturated carbocycles. The van der Waals surface area contributed by atoms with Crippen molar-refractivity contribution in [2.75, 3.05) is 24.6 Å². The van der Waals surface area contributed by atoms with Gasteiger partial charge in [0.25, 0.3) is 0 Å². The van der Waals surface area contributed by atoms with Crippen LogP contribution in [0.2, 0.25) is 0 Å². The third-order valence-corrected chi connectivity index (χ3v) is 6.51. The van der Waals surface area contributed by atoms with Crippen LogP contribution in [0.1, 0.15) is 30.3 Å². The minimum absolute atomic E-state index is 0.128. The van der Waals surface area contributed by atoms with Crippen LogP contribution in [0.15, 0.2) is 36.4 Å². The van der Waals surface area contributed by atoms with Crippen LogP contribution in [0.25, 0.3) is 16.6 Å². The third kappa shape index (κ3) is 4.48. The van der Waals surface area contributed by atoms with Gasteiger partial charge in [0.05, 0.1) is 23.4 Å². The molecular formula is C26H27F3N6O. The standard InChI is InChI=1S/C26H27F3N6O/c1-4-36-19-6-8-23(22(29)12-19)35-16(3)24-15(2)31-32-26(25(24)33-35)34-10-9-18(14-34)30-13-17-5-7-20(27)21(28)11-17/h5-8,11-12,18,30H,4,9-10,13-14H2,1-3H3. The van der Waals surface area contributed by atoms with Gasteiger partial charge in [-0.15, -0.1) is 5.10 Å². The zero-order valence-corrected chi connectivity index (χ0v) is 20.4. The summed E-state index contributed by atoms with van der Waals surface area (Å²) in [5.74, 6) is -1.03. The van der Waals surface area contributed by atoms with Gasteiger partial charge in [-0.1, -0.05) is 6.07 Å². The quantitative estimate of drug-likeness (QED) is 0.403. The highest BCUT2D eigenvalue weighted by Crippen LogP contribution is 2.32. The Bertz CT molecular complexity index is 1420. The van der Waals surface area contributed by atoms with Gasteiger partial charge in [-0.05, 0) is 57.0 Å². The van der Waals surface area contributed by atoms with Crippen molar-refractivity contribution >= 4 is 16.7 Å². The zero-order valence-electron chi connectivity index (χ0n) is 20.4. The fourth-order valence-electron chi connectivity index (χ4n) is 4.71. The lowest BCUT2D eigenvalue weighted by Crippen LogP contribution is -2.32. The van der Waals surface area contributed by atoms with Crippen molar-refractivity contribution < 1.29 is 17.9 Å². The monoisotopic (exact) mass is 496 g/mol. The summed E-state index contributed by atoms with van der Waals surface area (Å²) in [6.07, 6.45) is 0.841. The molecule has 2 aromatic heterocycles. The topological polar surface area (TPSA) is 68.1 Å². The van der Waals surface area contributed by atoms with E-state index in [9.17, 15) is 13.2 Å². The molecule has 1 saturated heterocycles. The van der Waals surface area contributed by atoms with Crippen LogP contribution in [0.3, 0.4) is 0 Å². The van der Waals surface area contributed by atoms with Gasteiger partial charge in [0.2, 0.25) is 0 Å². The molecule has 0 spiro atoms.